The molecular formula is C18H20N2O. The van der Waals surface area contributed by atoms with E-state index in [0.717, 1.165) is 19.5 Å². The number of nitrogens with one attached hydrogen (secondary N) is 1. The van der Waals surface area contributed by atoms with Crippen molar-refractivity contribution >= 4 is 0 Å². The van der Waals surface area contributed by atoms with E-state index in [1.54, 1.807) is 6.07 Å². The summed E-state index contributed by atoms with van der Waals surface area (Å²) in [6.45, 7) is 2.02. The summed E-state index contributed by atoms with van der Waals surface area (Å²) in [6, 6.07) is 16.5. The predicted molar refractivity (Wildman–Crippen MR) is 83.6 cm³/mol. The summed E-state index contributed by atoms with van der Waals surface area (Å²) in [4.78, 5) is 12.4. The molecule has 2 aliphatic rings. The van der Waals surface area contributed by atoms with Gasteiger partial charge in [0, 0.05) is 30.3 Å². The fourth-order valence-corrected chi connectivity index (χ4v) is 4.02. The van der Waals surface area contributed by atoms with E-state index >= 15 is 0 Å². The number of hydrogen-bond acceptors (Lipinski definition) is 2. The van der Waals surface area contributed by atoms with Gasteiger partial charge in [-0.05, 0) is 36.9 Å². The molecule has 2 aliphatic heterocycles. The first-order valence-electron chi connectivity index (χ1n) is 7.79. The largest absolute Gasteiger partial charge is 0.316 e. The van der Waals surface area contributed by atoms with Crippen LogP contribution in [0.25, 0.3) is 0 Å². The molecule has 0 unspecified atom stereocenters. The van der Waals surface area contributed by atoms with E-state index in [9.17, 15) is 4.79 Å². The van der Waals surface area contributed by atoms with Gasteiger partial charge < -0.3 is 9.88 Å². The van der Waals surface area contributed by atoms with Gasteiger partial charge in [0.15, 0.2) is 0 Å². The Hall–Kier alpha value is -1.87. The molecule has 1 fully saturated rings. The molecule has 1 N–H and O–H groups in total. The van der Waals surface area contributed by atoms with E-state index in [-0.39, 0.29) is 11.6 Å². The van der Waals surface area contributed by atoms with Gasteiger partial charge in [0.1, 0.15) is 0 Å². The molecule has 0 saturated carbocycles. The zero-order valence-electron chi connectivity index (χ0n) is 12.0. The molecule has 0 aliphatic carbocycles. The van der Waals surface area contributed by atoms with Gasteiger partial charge in [-0.15, -0.1) is 0 Å². The van der Waals surface area contributed by atoms with Crippen LogP contribution in [-0.2, 0) is 6.42 Å². The van der Waals surface area contributed by atoms with Crippen LogP contribution in [0.5, 0.6) is 0 Å². The number of rotatable bonds is 2. The Morgan fingerprint density at radius 1 is 1.05 bits per heavy atom. The van der Waals surface area contributed by atoms with Crippen LogP contribution in [0, 0.1) is 5.92 Å². The normalized spacial score (nSPS) is 27.1. The average molecular weight is 280 g/mol. The summed E-state index contributed by atoms with van der Waals surface area (Å²) < 4.78 is 2.08. The summed E-state index contributed by atoms with van der Waals surface area (Å²) in [5.41, 5.74) is 2.69. The Morgan fingerprint density at radius 3 is 2.76 bits per heavy atom. The molecule has 3 heteroatoms. The lowest BCUT2D eigenvalue weighted by Crippen LogP contribution is -2.48. The van der Waals surface area contributed by atoms with E-state index in [1.807, 2.05) is 12.1 Å². The Balaban J connectivity index is 1.79. The van der Waals surface area contributed by atoms with Crippen molar-refractivity contribution in [3.8, 4) is 0 Å². The summed E-state index contributed by atoms with van der Waals surface area (Å²) in [5.74, 6) is 1.04. The van der Waals surface area contributed by atoms with Crippen LogP contribution < -0.4 is 10.9 Å². The third-order valence-corrected chi connectivity index (χ3v) is 4.99. The molecule has 0 spiro atoms. The van der Waals surface area contributed by atoms with E-state index in [2.05, 4.69) is 40.2 Å². The maximum absolute atomic E-state index is 12.4. The molecule has 0 radical (unpaired) electrons. The Labute approximate surface area is 124 Å². The topological polar surface area (TPSA) is 34.0 Å². The maximum Gasteiger partial charge on any atom is 0.251 e. The minimum atomic E-state index is 0.157. The highest BCUT2D eigenvalue weighted by molar-refractivity contribution is 5.22. The zero-order valence-corrected chi connectivity index (χ0v) is 12.0. The number of piperidine rings is 1. The third kappa shape index (κ3) is 2.22. The summed E-state index contributed by atoms with van der Waals surface area (Å²) in [6.07, 6.45) is 2.14. The molecule has 21 heavy (non-hydrogen) atoms. The maximum atomic E-state index is 12.4. The molecule has 3 atom stereocenters. The standard InChI is InChI=1S/C18H20N2O/c21-18-8-4-7-16-14-10-15(12-19-11-14)17(20(16)18)9-13-5-2-1-3-6-13/h1-8,14-15,17,19H,9-12H2/t14-,15+,17+/m1/s1. The van der Waals surface area contributed by atoms with Crippen molar-refractivity contribution in [2.24, 2.45) is 5.92 Å². The van der Waals surface area contributed by atoms with Crippen LogP contribution in [0.3, 0.4) is 0 Å². The number of fused-ring (bicyclic) bond motifs is 4. The lowest BCUT2D eigenvalue weighted by molar-refractivity contribution is 0.194. The second kappa shape index (κ2) is 5.15. The molecule has 2 bridgehead atoms. The Kier molecular flexibility index (Phi) is 3.15. The molecule has 108 valence electrons. The molecule has 3 heterocycles. The van der Waals surface area contributed by atoms with Crippen molar-refractivity contribution in [2.75, 3.05) is 13.1 Å². The molecule has 0 amide bonds. The van der Waals surface area contributed by atoms with Crippen molar-refractivity contribution in [3.05, 3.63) is 70.1 Å². The number of pyridine rings is 1. The van der Waals surface area contributed by atoms with Crippen LogP contribution in [-0.4, -0.2) is 17.7 Å². The Bertz CT molecular complexity index is 692. The second-order valence-corrected chi connectivity index (χ2v) is 6.27. The first kappa shape index (κ1) is 12.8. The molecule has 1 aromatic heterocycles. The van der Waals surface area contributed by atoms with Gasteiger partial charge in [-0.2, -0.15) is 0 Å². The molecule has 1 saturated heterocycles. The van der Waals surface area contributed by atoms with E-state index in [0.29, 0.717) is 11.8 Å². The second-order valence-electron chi connectivity index (χ2n) is 6.27. The summed E-state index contributed by atoms with van der Waals surface area (Å²) in [5, 5.41) is 3.55. The predicted octanol–water partition coefficient (Wildman–Crippen LogP) is 2.34. The van der Waals surface area contributed by atoms with E-state index in [4.69, 9.17) is 0 Å². The highest BCUT2D eigenvalue weighted by Crippen LogP contribution is 2.39. The highest BCUT2D eigenvalue weighted by atomic mass is 16.1. The SMILES string of the molecule is O=c1cccc2n1[C@@H](Cc1ccccc1)[C@@H]1CNC[C@H]2C1. The molecule has 4 rings (SSSR count). The number of hydrogen-bond donors (Lipinski definition) is 1. The molecule has 1 aromatic carbocycles. The van der Waals surface area contributed by atoms with E-state index < -0.39 is 0 Å². The molecule has 2 aromatic rings. The van der Waals surface area contributed by atoms with Crippen molar-refractivity contribution < 1.29 is 0 Å². The molecular weight excluding hydrogens is 260 g/mol. The van der Waals surface area contributed by atoms with Gasteiger partial charge >= 0.3 is 0 Å². The Morgan fingerprint density at radius 2 is 1.90 bits per heavy atom. The van der Waals surface area contributed by atoms with Crippen LogP contribution in [0.15, 0.2) is 53.3 Å². The van der Waals surface area contributed by atoms with Gasteiger partial charge in [0.2, 0.25) is 0 Å². The van der Waals surface area contributed by atoms with Crippen molar-refractivity contribution in [1.29, 1.82) is 0 Å². The monoisotopic (exact) mass is 280 g/mol. The number of nitrogens with zero attached hydrogens (tertiary/aromatic N) is 1. The zero-order chi connectivity index (χ0) is 14.2. The van der Waals surface area contributed by atoms with Crippen LogP contribution >= 0.6 is 0 Å². The van der Waals surface area contributed by atoms with Gasteiger partial charge in [0.05, 0.1) is 0 Å². The smallest absolute Gasteiger partial charge is 0.251 e. The first-order chi connectivity index (χ1) is 10.3. The average Bonchev–Trinajstić information content (AvgIpc) is 2.53. The van der Waals surface area contributed by atoms with Crippen LogP contribution in [0.4, 0.5) is 0 Å². The van der Waals surface area contributed by atoms with Crippen molar-refractivity contribution in [1.82, 2.24) is 9.88 Å². The van der Waals surface area contributed by atoms with Gasteiger partial charge in [-0.1, -0.05) is 36.4 Å². The van der Waals surface area contributed by atoms with Crippen LogP contribution in [0.2, 0.25) is 0 Å². The summed E-state index contributed by atoms with van der Waals surface area (Å²) >= 11 is 0. The lowest BCUT2D eigenvalue weighted by Gasteiger charge is -2.43. The summed E-state index contributed by atoms with van der Waals surface area (Å²) in [7, 11) is 0. The highest BCUT2D eigenvalue weighted by Gasteiger charge is 2.37. The first-order valence-corrected chi connectivity index (χ1v) is 7.79. The van der Waals surface area contributed by atoms with Crippen molar-refractivity contribution in [3.63, 3.8) is 0 Å². The molecule has 3 nitrogen and oxygen atoms in total. The minimum Gasteiger partial charge on any atom is -0.316 e. The van der Waals surface area contributed by atoms with Gasteiger partial charge in [0.25, 0.3) is 5.56 Å². The lowest BCUT2D eigenvalue weighted by atomic mass is 9.77. The third-order valence-electron chi connectivity index (χ3n) is 4.99. The van der Waals surface area contributed by atoms with Gasteiger partial charge in [-0.3, -0.25) is 4.79 Å². The number of aromatic nitrogens is 1. The fraction of sp³-hybridized carbons (Fsp3) is 0.389. The number of benzene rings is 1. The van der Waals surface area contributed by atoms with Crippen molar-refractivity contribution in [2.45, 2.75) is 24.8 Å². The fourth-order valence-electron chi connectivity index (χ4n) is 4.02. The van der Waals surface area contributed by atoms with E-state index in [1.165, 1.54) is 17.7 Å². The van der Waals surface area contributed by atoms with Crippen LogP contribution in [0.1, 0.15) is 29.6 Å². The quantitative estimate of drug-likeness (QED) is 0.916. The minimum absolute atomic E-state index is 0.157. The van der Waals surface area contributed by atoms with Gasteiger partial charge in [-0.25, -0.2) is 0 Å².